The lowest BCUT2D eigenvalue weighted by Gasteiger charge is -2.40. The van der Waals surface area contributed by atoms with E-state index in [1.165, 1.54) is 142 Å². The van der Waals surface area contributed by atoms with E-state index >= 15 is 0 Å². The molecule has 7 amide bonds. The molecule has 26 heteroatoms. The Kier molecular flexibility index (Phi) is 44.5. The number of aliphatic hydroxyl groups excluding tert-OH is 5. The maximum Gasteiger partial charge on any atom is 0.315 e. The number of thioether (sulfide) groups is 1. The van der Waals surface area contributed by atoms with E-state index in [9.17, 15) is 54.3 Å². The van der Waals surface area contributed by atoms with Gasteiger partial charge in [0.15, 0.2) is 6.29 Å². The number of amides is 7. The number of benzene rings is 1. The van der Waals surface area contributed by atoms with Crippen LogP contribution in [-0.2, 0) is 28.7 Å². The monoisotopic (exact) mass is 1380 g/mol. The van der Waals surface area contributed by atoms with E-state index in [0.717, 1.165) is 70.0 Å². The van der Waals surface area contributed by atoms with Crippen molar-refractivity contribution in [3.63, 3.8) is 0 Å². The number of urea groups is 1. The van der Waals surface area contributed by atoms with Crippen LogP contribution in [0.25, 0.3) is 10.4 Å². The number of allylic oxidation sites excluding steroid dienone is 1. The van der Waals surface area contributed by atoms with E-state index in [4.69, 9.17) is 15.0 Å². The highest BCUT2D eigenvalue weighted by Gasteiger charge is 2.45. The van der Waals surface area contributed by atoms with Crippen LogP contribution in [0.1, 0.15) is 236 Å². The van der Waals surface area contributed by atoms with Gasteiger partial charge in [0.05, 0.1) is 37.4 Å². The summed E-state index contributed by atoms with van der Waals surface area (Å²) >= 11 is 1.85. The molecular formula is C68H116N10O13S3. The van der Waals surface area contributed by atoms with E-state index in [-0.39, 0.29) is 61.0 Å². The van der Waals surface area contributed by atoms with Gasteiger partial charge < -0.3 is 72.2 Å². The quantitative estimate of drug-likeness (QED) is 0.00549. The lowest BCUT2D eigenvalue weighted by atomic mass is 9.99. The van der Waals surface area contributed by atoms with Crippen molar-refractivity contribution in [2.75, 3.05) is 43.6 Å². The largest absolute Gasteiger partial charge is 0.394 e. The fourth-order valence-corrected chi connectivity index (χ4v) is 15.3. The fraction of sp³-hybridized carbons (Fsp3) is 0.794. The Morgan fingerprint density at radius 2 is 1.29 bits per heavy atom. The van der Waals surface area contributed by atoms with Crippen LogP contribution < -0.4 is 37.2 Å². The molecule has 1 aromatic rings. The number of ether oxygens (including phenoxy) is 2. The second-order valence-corrected chi connectivity index (χ2v) is 29.3. The Hall–Kier alpha value is -4.34. The van der Waals surface area contributed by atoms with Gasteiger partial charge in [-0.15, -0.1) is 0 Å². The summed E-state index contributed by atoms with van der Waals surface area (Å²) in [5, 5.41) is 77.5. The normalized spacial score (nSPS) is 21.3. The summed E-state index contributed by atoms with van der Waals surface area (Å²) in [6.07, 6.45) is 26.7. The first kappa shape index (κ1) is 82.1. The summed E-state index contributed by atoms with van der Waals surface area (Å²) in [7, 11) is 2.89. The molecule has 12 atom stereocenters. The highest BCUT2D eigenvalue weighted by Crippen LogP contribution is 2.33. The number of carbonyl (C=O) groups is 6. The van der Waals surface area contributed by atoms with Crippen LogP contribution in [0.4, 0.5) is 10.5 Å². The molecule has 3 aliphatic rings. The van der Waals surface area contributed by atoms with Crippen molar-refractivity contribution in [3.05, 3.63) is 52.4 Å². The van der Waals surface area contributed by atoms with Gasteiger partial charge >= 0.3 is 6.03 Å². The second kappa shape index (κ2) is 50.9. The number of rotatable bonds is 55. The number of unbranched alkanes of at least 4 members (excludes halogenated alkanes) is 24. The Labute approximate surface area is 571 Å². The van der Waals surface area contributed by atoms with Gasteiger partial charge in [0.2, 0.25) is 23.6 Å². The van der Waals surface area contributed by atoms with E-state index in [1.807, 2.05) is 17.8 Å². The number of azide groups is 1. The maximum absolute atomic E-state index is 14.3. The molecule has 0 spiro atoms. The summed E-state index contributed by atoms with van der Waals surface area (Å²) in [5.41, 5.74) is 9.43. The fourth-order valence-electron chi connectivity index (χ4n) is 11.8. The minimum Gasteiger partial charge on any atom is -0.394 e. The van der Waals surface area contributed by atoms with Crippen LogP contribution in [0.15, 0.2) is 41.5 Å². The molecule has 12 N–H and O–H groups in total. The first-order valence-corrected chi connectivity index (χ1v) is 39.0. The average Bonchev–Trinajstić information content (AvgIpc) is 1.69. The van der Waals surface area contributed by atoms with Gasteiger partial charge in [-0.25, -0.2) is 4.79 Å². The molecule has 3 fully saturated rings. The number of carbonyl (C=O) groups excluding carboxylic acids is 6. The van der Waals surface area contributed by atoms with Gasteiger partial charge in [-0.1, -0.05) is 213 Å². The topological polar surface area (TPSA) is 355 Å². The average molecular weight is 1380 g/mol. The van der Waals surface area contributed by atoms with E-state index in [1.54, 1.807) is 6.08 Å². The van der Waals surface area contributed by atoms with E-state index in [2.05, 4.69) is 61.1 Å². The van der Waals surface area contributed by atoms with Crippen molar-refractivity contribution in [3.8, 4) is 0 Å². The van der Waals surface area contributed by atoms with E-state index in [0.29, 0.717) is 73.9 Å². The molecule has 3 unspecified atom stereocenters. The first-order chi connectivity index (χ1) is 45.7. The van der Waals surface area contributed by atoms with Crippen molar-refractivity contribution < 1.29 is 63.8 Å². The van der Waals surface area contributed by atoms with Crippen LogP contribution in [-0.4, -0.2) is 177 Å². The predicted molar refractivity (Wildman–Crippen MR) is 375 cm³/mol. The van der Waals surface area contributed by atoms with Crippen molar-refractivity contribution >= 4 is 74.6 Å². The maximum atomic E-state index is 14.3. The summed E-state index contributed by atoms with van der Waals surface area (Å²) in [4.78, 5) is 82.2. The van der Waals surface area contributed by atoms with Crippen LogP contribution >= 0.6 is 33.3 Å². The lowest BCUT2D eigenvalue weighted by molar-refractivity contribution is -0.302. The molecule has 0 radical (unpaired) electrons. The lowest BCUT2D eigenvalue weighted by Crippen LogP contribution is -2.60. The standard InChI is InChI=1S/C68H116N10O13S3/c1-3-5-7-9-11-13-15-17-19-21-23-25-27-34-55(80)53(47-90-67-63(85)62(84)61(83)56(46-79)91-67)74-66(88)52(32-26-24-22-20-18-16-14-12-10-8-6-4-2)72-59(82)41-44-93-94-45-43-71-65(87)51(73-64(86)49-37-39-50(40-38-49)77-78-69)33-30-31-42-70-58(81)36-29-28-35-57-60-54(48-92-57)75-68(89)76-60/h27,34,37-40,51-57,60-63,67,79-80,83-85H,3-26,28-33,35-36,41-48H2,1-2H3,(H,70,81)(H,71,87)(H,72,82)(H,73,86)(H,74,88)(H2,75,76,89)/b34-27+/t51?,52-,53?,54-,55?,56+,57-,60-,61+,62-,63+,67+/m0/s1. The number of nitrogens with one attached hydrogen (secondary N) is 7. The second-order valence-electron chi connectivity index (χ2n) is 25.3. The van der Waals surface area contributed by atoms with Crippen LogP contribution in [0.3, 0.4) is 0 Å². The summed E-state index contributed by atoms with van der Waals surface area (Å²) < 4.78 is 11.5. The summed E-state index contributed by atoms with van der Waals surface area (Å²) in [6.45, 7) is 4.08. The van der Waals surface area contributed by atoms with Gasteiger partial charge in [0.25, 0.3) is 5.91 Å². The molecule has 0 saturated carbocycles. The number of hydrogen-bond acceptors (Lipinski definition) is 17. The zero-order chi connectivity index (χ0) is 68.0. The zero-order valence-corrected chi connectivity index (χ0v) is 58.7. The van der Waals surface area contributed by atoms with Gasteiger partial charge in [-0.2, -0.15) is 11.8 Å². The minimum absolute atomic E-state index is 0.0516. The van der Waals surface area contributed by atoms with Gasteiger partial charge in [0.1, 0.15) is 36.5 Å². The molecule has 3 saturated heterocycles. The van der Waals surface area contributed by atoms with Crippen LogP contribution in [0.2, 0.25) is 0 Å². The molecule has 1 aromatic carbocycles. The van der Waals surface area contributed by atoms with Crippen LogP contribution in [0.5, 0.6) is 0 Å². The predicted octanol–water partition coefficient (Wildman–Crippen LogP) is 10.1. The van der Waals surface area contributed by atoms with Gasteiger partial charge in [-0.05, 0) is 69.0 Å². The third-order valence-electron chi connectivity index (χ3n) is 17.5. The van der Waals surface area contributed by atoms with Crippen molar-refractivity contribution in [2.45, 2.75) is 298 Å². The summed E-state index contributed by atoms with van der Waals surface area (Å²) in [6, 6.07) is 3.30. The Balaban J connectivity index is 1.28. The minimum atomic E-state index is -1.69. The number of fused-ring (bicyclic) bond motifs is 1. The SMILES string of the molecule is CCCCCCCCCCCCC/C=C/C(O)C(CO[C@@H]1O[C@H](CO)[C@@H](O)[C@H](O)[C@H]1O)NC(=O)[C@H](CCCCCCCCCCCCCC)NC(=O)CCSSCCNC(=O)C(CCCCNC(=O)CCCC[C@@H]1SC[C@@H]2NC(=O)N[C@@H]21)NC(=O)c1ccc(N=[N+]=[N-])cc1. The van der Waals surface area contributed by atoms with Gasteiger partial charge in [-0.3, -0.25) is 24.0 Å². The first-order valence-electron chi connectivity index (χ1n) is 35.5. The molecule has 0 aliphatic carbocycles. The highest BCUT2D eigenvalue weighted by molar-refractivity contribution is 8.76. The molecular weight excluding hydrogens is 1260 g/mol. The molecule has 94 heavy (non-hydrogen) atoms. The van der Waals surface area contributed by atoms with Crippen molar-refractivity contribution in [1.29, 1.82) is 0 Å². The van der Waals surface area contributed by atoms with Crippen LogP contribution in [0, 0.1) is 0 Å². The summed E-state index contributed by atoms with van der Waals surface area (Å²) in [5.74, 6) is -0.0309. The third-order valence-corrected chi connectivity index (χ3v) is 21.5. The highest BCUT2D eigenvalue weighted by atomic mass is 33.1. The number of hydrogen-bond donors (Lipinski definition) is 12. The zero-order valence-electron chi connectivity index (χ0n) is 56.2. The molecule has 0 aromatic heterocycles. The molecule has 0 bridgehead atoms. The molecule has 23 nitrogen and oxygen atoms in total. The molecule has 4 rings (SSSR count). The van der Waals surface area contributed by atoms with Crippen molar-refractivity contribution in [1.82, 2.24) is 37.2 Å². The molecule has 3 heterocycles. The Bertz CT molecular complexity index is 2360. The third kappa shape index (κ3) is 34.2. The molecule has 3 aliphatic heterocycles. The Morgan fingerprint density at radius 3 is 1.91 bits per heavy atom. The Morgan fingerprint density at radius 1 is 0.691 bits per heavy atom. The van der Waals surface area contributed by atoms with Gasteiger partial charge in [0, 0.05) is 64.6 Å². The van der Waals surface area contributed by atoms with E-state index < -0.39 is 73.4 Å². The number of aliphatic hydroxyl groups is 5. The molecule has 534 valence electrons. The van der Waals surface area contributed by atoms with Crippen molar-refractivity contribution in [2.24, 2.45) is 5.11 Å². The smallest absolute Gasteiger partial charge is 0.315 e. The number of nitrogens with zero attached hydrogens (tertiary/aromatic N) is 3.